The molecule has 1 saturated heterocycles. The third-order valence-corrected chi connectivity index (χ3v) is 11.0. The molecular weight excluding hydrogens is 699 g/mol. The van der Waals surface area contributed by atoms with Crippen LogP contribution in [0.5, 0.6) is 17.2 Å². The minimum atomic E-state index is -0.752. The Morgan fingerprint density at radius 2 is 1.64 bits per heavy atom. The third-order valence-electron chi connectivity index (χ3n) is 11.0. The fraction of sp³-hybridized carbons (Fsp3) is 0.674. The standard InChI is InChI=1S/C43H67N5O7/c1-7-8-9-10-11-12-13-14-15-18-26-43(33-44,37-22-23-40(52-5)41(31-37)53-6)27-19-28-46(4)29-24-36-20-16-17-21-39(36)54-42-32-47(45-35(3)49)30-25-38(42)34(2)55-48(50)51/h16-17,20-23,31,34,38,42H,7-15,18-19,24-30,32H2,1-6H3,(H,45,49). The minimum absolute atomic E-state index is 0.176. The summed E-state index contributed by atoms with van der Waals surface area (Å²) in [5.41, 5.74) is 4.22. The number of nitrogens with one attached hydrogen (secondary N) is 1. The predicted octanol–water partition coefficient (Wildman–Crippen LogP) is 8.45. The molecule has 0 saturated carbocycles. The number of ether oxygens (including phenoxy) is 3. The molecule has 0 bridgehead atoms. The van der Waals surface area contributed by atoms with Crippen molar-refractivity contribution < 1.29 is 28.9 Å². The number of para-hydroxylation sites is 1. The van der Waals surface area contributed by atoms with Crippen molar-refractivity contribution in [3.8, 4) is 23.3 Å². The fourth-order valence-electron chi connectivity index (χ4n) is 7.83. The van der Waals surface area contributed by atoms with Gasteiger partial charge in [0.25, 0.3) is 5.09 Å². The number of hydrazine groups is 1. The third kappa shape index (κ3) is 15.2. The number of nitriles is 1. The van der Waals surface area contributed by atoms with Crippen molar-refractivity contribution in [2.45, 2.75) is 135 Å². The Morgan fingerprint density at radius 1 is 0.982 bits per heavy atom. The Bertz CT molecular complexity index is 1490. The molecule has 55 heavy (non-hydrogen) atoms. The molecule has 2 aromatic rings. The molecule has 0 radical (unpaired) electrons. The van der Waals surface area contributed by atoms with Gasteiger partial charge in [0.2, 0.25) is 5.91 Å². The zero-order valence-electron chi connectivity index (χ0n) is 34.4. The lowest BCUT2D eigenvalue weighted by Crippen LogP contribution is -2.55. The van der Waals surface area contributed by atoms with Crippen LogP contribution in [0, 0.1) is 27.4 Å². The highest BCUT2D eigenvalue weighted by atomic mass is 17.0. The molecule has 1 N–H and O–H groups in total. The van der Waals surface area contributed by atoms with Crippen molar-refractivity contribution in [1.82, 2.24) is 15.3 Å². The monoisotopic (exact) mass is 766 g/mol. The molecule has 306 valence electrons. The molecule has 4 unspecified atom stereocenters. The van der Waals surface area contributed by atoms with E-state index in [4.69, 9.17) is 19.0 Å². The topological polar surface area (TPSA) is 139 Å². The summed E-state index contributed by atoms with van der Waals surface area (Å²) in [6, 6.07) is 16.6. The maximum absolute atomic E-state index is 11.8. The van der Waals surface area contributed by atoms with Gasteiger partial charge in [0.05, 0.1) is 32.2 Å². The second-order valence-corrected chi connectivity index (χ2v) is 15.2. The normalized spacial score (nSPS) is 17.5. The lowest BCUT2D eigenvalue weighted by atomic mass is 9.74. The SMILES string of the molecule is CCCCCCCCCCCCC(C#N)(CCCN(C)CCc1ccccc1OC1CN(NC(C)=O)CCC1C(C)O[N+](=O)[O-])c1ccc(OC)c(OC)c1. The van der Waals surface area contributed by atoms with Crippen LogP contribution >= 0.6 is 0 Å². The molecule has 3 rings (SSSR count). The summed E-state index contributed by atoms with van der Waals surface area (Å²) in [6.45, 7) is 7.93. The van der Waals surface area contributed by atoms with E-state index in [1.807, 2.05) is 42.5 Å². The van der Waals surface area contributed by atoms with Crippen LogP contribution in [0.2, 0.25) is 0 Å². The van der Waals surface area contributed by atoms with Crippen molar-refractivity contribution in [2.75, 3.05) is 47.4 Å². The van der Waals surface area contributed by atoms with Crippen LogP contribution in [-0.2, 0) is 21.5 Å². The smallest absolute Gasteiger partial charge is 0.294 e. The van der Waals surface area contributed by atoms with Gasteiger partial charge < -0.3 is 23.9 Å². The second kappa shape index (κ2) is 24.4. The van der Waals surface area contributed by atoms with E-state index in [9.17, 15) is 20.2 Å². The Balaban J connectivity index is 1.63. The van der Waals surface area contributed by atoms with Gasteiger partial charge in [0.15, 0.2) is 11.5 Å². The number of likely N-dealkylation sites (N-methyl/N-ethyl adjacent to an activating group) is 1. The average molecular weight is 766 g/mol. The van der Waals surface area contributed by atoms with Crippen LogP contribution in [0.1, 0.15) is 122 Å². The van der Waals surface area contributed by atoms with E-state index < -0.39 is 22.7 Å². The van der Waals surface area contributed by atoms with Gasteiger partial charge in [-0.15, -0.1) is 10.1 Å². The van der Waals surface area contributed by atoms with Crippen molar-refractivity contribution >= 4 is 5.91 Å². The summed E-state index contributed by atoms with van der Waals surface area (Å²) in [6.07, 6.45) is 15.1. The molecule has 1 heterocycles. The molecule has 12 heteroatoms. The summed E-state index contributed by atoms with van der Waals surface area (Å²) in [7, 11) is 5.37. The number of benzene rings is 2. The van der Waals surface area contributed by atoms with Gasteiger partial charge >= 0.3 is 0 Å². The van der Waals surface area contributed by atoms with Crippen molar-refractivity contribution in [3.05, 3.63) is 63.7 Å². The molecule has 1 aliphatic rings. The first-order valence-corrected chi connectivity index (χ1v) is 20.5. The summed E-state index contributed by atoms with van der Waals surface area (Å²) < 4.78 is 17.7. The molecule has 0 spiro atoms. The zero-order chi connectivity index (χ0) is 40.1. The molecular formula is C43H67N5O7. The Hall–Kier alpha value is -4.08. The van der Waals surface area contributed by atoms with Crippen LogP contribution in [0.3, 0.4) is 0 Å². The van der Waals surface area contributed by atoms with Gasteiger partial charge in [-0.1, -0.05) is 95.4 Å². The lowest BCUT2D eigenvalue weighted by molar-refractivity contribution is -0.770. The van der Waals surface area contributed by atoms with E-state index in [1.165, 1.54) is 58.3 Å². The highest BCUT2D eigenvalue weighted by Gasteiger charge is 2.37. The number of piperidine rings is 1. The fourth-order valence-corrected chi connectivity index (χ4v) is 7.83. The zero-order valence-corrected chi connectivity index (χ0v) is 34.4. The van der Waals surface area contributed by atoms with E-state index in [0.717, 1.165) is 68.5 Å². The van der Waals surface area contributed by atoms with Crippen molar-refractivity contribution in [3.63, 3.8) is 0 Å². The van der Waals surface area contributed by atoms with Gasteiger partial charge in [-0.05, 0) is 81.9 Å². The Morgan fingerprint density at radius 3 is 2.27 bits per heavy atom. The predicted molar refractivity (Wildman–Crippen MR) is 216 cm³/mol. The maximum atomic E-state index is 11.8. The largest absolute Gasteiger partial charge is 0.493 e. The highest BCUT2D eigenvalue weighted by Crippen LogP contribution is 2.39. The highest BCUT2D eigenvalue weighted by molar-refractivity contribution is 5.72. The number of carbonyl (C=O) groups is 1. The molecule has 1 fully saturated rings. The van der Waals surface area contributed by atoms with Gasteiger partial charge in [-0.25, -0.2) is 5.01 Å². The Kier molecular flexibility index (Phi) is 20.1. The number of amides is 1. The first kappa shape index (κ1) is 45.3. The van der Waals surface area contributed by atoms with E-state index in [2.05, 4.69) is 30.4 Å². The summed E-state index contributed by atoms with van der Waals surface area (Å²) in [5, 5.41) is 23.0. The molecule has 0 aliphatic carbocycles. The van der Waals surface area contributed by atoms with Crippen molar-refractivity contribution in [1.29, 1.82) is 5.26 Å². The van der Waals surface area contributed by atoms with Crippen LogP contribution in [0.25, 0.3) is 0 Å². The Labute approximate surface area is 329 Å². The number of nitrogens with zero attached hydrogens (tertiary/aromatic N) is 4. The van der Waals surface area contributed by atoms with Crippen LogP contribution < -0.4 is 19.6 Å². The summed E-state index contributed by atoms with van der Waals surface area (Å²) in [5.74, 6) is 1.60. The molecule has 4 atom stereocenters. The molecule has 2 aromatic carbocycles. The first-order valence-electron chi connectivity index (χ1n) is 20.5. The number of unbranched alkanes of at least 4 members (excludes halogenated alkanes) is 9. The maximum Gasteiger partial charge on any atom is 0.294 e. The first-order chi connectivity index (χ1) is 26.5. The van der Waals surface area contributed by atoms with Gasteiger partial charge in [0.1, 0.15) is 18.0 Å². The van der Waals surface area contributed by atoms with E-state index in [-0.39, 0.29) is 11.8 Å². The molecule has 1 amide bonds. The number of carbonyl (C=O) groups excluding carboxylic acids is 1. The molecule has 12 nitrogen and oxygen atoms in total. The van der Waals surface area contributed by atoms with Gasteiger partial charge in [-0.3, -0.25) is 10.2 Å². The number of hydrogen-bond donors (Lipinski definition) is 1. The number of rotatable bonds is 27. The van der Waals surface area contributed by atoms with E-state index >= 15 is 0 Å². The second-order valence-electron chi connectivity index (χ2n) is 15.2. The minimum Gasteiger partial charge on any atom is -0.493 e. The molecule has 1 aliphatic heterocycles. The van der Waals surface area contributed by atoms with Crippen LogP contribution in [0.15, 0.2) is 42.5 Å². The number of methoxy groups -OCH3 is 2. The summed E-state index contributed by atoms with van der Waals surface area (Å²) >= 11 is 0. The lowest BCUT2D eigenvalue weighted by Gasteiger charge is -2.40. The van der Waals surface area contributed by atoms with Crippen molar-refractivity contribution in [2.24, 2.45) is 5.92 Å². The van der Waals surface area contributed by atoms with Gasteiger partial charge in [-0.2, -0.15) is 5.26 Å². The summed E-state index contributed by atoms with van der Waals surface area (Å²) in [4.78, 5) is 30.2. The van der Waals surface area contributed by atoms with Gasteiger partial charge in [0, 0.05) is 25.9 Å². The quantitative estimate of drug-likeness (QED) is 0.0536. The number of hydrogen-bond acceptors (Lipinski definition) is 10. The van der Waals surface area contributed by atoms with E-state index in [1.54, 1.807) is 26.2 Å². The van der Waals surface area contributed by atoms with Crippen LogP contribution in [0.4, 0.5) is 0 Å². The molecule has 0 aromatic heterocycles. The van der Waals surface area contributed by atoms with E-state index in [0.29, 0.717) is 31.0 Å². The van der Waals surface area contributed by atoms with Crippen LogP contribution in [-0.4, -0.2) is 80.6 Å². The average Bonchev–Trinajstić information content (AvgIpc) is 3.16.